The normalized spacial score (nSPS) is 17.2. The Kier molecular flexibility index (Phi) is 4.74. The molecule has 1 atom stereocenters. The second kappa shape index (κ2) is 7.17. The third kappa shape index (κ3) is 3.50. The van der Waals surface area contributed by atoms with Crippen LogP contribution < -0.4 is 0 Å². The topological polar surface area (TPSA) is 59.2 Å². The quantitative estimate of drug-likeness (QED) is 0.655. The number of amides is 1. The summed E-state index contributed by atoms with van der Waals surface area (Å²) in [6.07, 6.45) is 1.20. The van der Waals surface area contributed by atoms with E-state index in [-0.39, 0.29) is 16.8 Å². The number of carbonyl (C=O) groups excluding carboxylic acids is 1. The van der Waals surface area contributed by atoms with Crippen molar-refractivity contribution in [3.8, 4) is 11.4 Å². The van der Waals surface area contributed by atoms with E-state index in [0.717, 1.165) is 6.42 Å². The lowest BCUT2D eigenvalue weighted by Gasteiger charge is -2.15. The van der Waals surface area contributed by atoms with Gasteiger partial charge in [0.05, 0.1) is 10.9 Å². The summed E-state index contributed by atoms with van der Waals surface area (Å²) in [7, 11) is 0. The van der Waals surface area contributed by atoms with Crippen LogP contribution in [0.3, 0.4) is 0 Å². The molecule has 8 heteroatoms. The highest BCUT2D eigenvalue weighted by Gasteiger charge is 2.34. The van der Waals surface area contributed by atoms with E-state index in [1.54, 1.807) is 17.4 Å². The first-order chi connectivity index (χ1) is 12.6. The minimum atomic E-state index is -0.498. The van der Waals surface area contributed by atoms with Crippen LogP contribution in [0, 0.1) is 5.82 Å². The number of thiophene rings is 1. The third-order valence-corrected chi connectivity index (χ3v) is 5.62. The van der Waals surface area contributed by atoms with Crippen molar-refractivity contribution in [2.24, 2.45) is 0 Å². The average molecular weight is 392 g/mol. The molecule has 3 heterocycles. The second-order valence-electron chi connectivity index (χ2n) is 6.16. The van der Waals surface area contributed by atoms with Crippen molar-refractivity contribution in [1.82, 2.24) is 15.0 Å². The zero-order valence-electron chi connectivity index (χ0n) is 13.7. The van der Waals surface area contributed by atoms with E-state index in [9.17, 15) is 9.18 Å². The number of aromatic nitrogens is 2. The number of halogens is 2. The Bertz CT molecular complexity index is 928. The van der Waals surface area contributed by atoms with Gasteiger partial charge in [-0.2, -0.15) is 4.98 Å². The van der Waals surface area contributed by atoms with Gasteiger partial charge in [0.15, 0.2) is 0 Å². The summed E-state index contributed by atoms with van der Waals surface area (Å²) < 4.78 is 18.6. The summed E-state index contributed by atoms with van der Waals surface area (Å²) in [4.78, 5) is 19.7. The monoisotopic (exact) mass is 391 g/mol. The largest absolute Gasteiger partial charge is 0.342 e. The predicted molar refractivity (Wildman–Crippen MR) is 96.7 cm³/mol. The van der Waals surface area contributed by atoms with Crippen LogP contribution in [0.4, 0.5) is 4.39 Å². The maximum absolute atomic E-state index is 13.3. The SMILES string of the molecule is O=C1CC(c2nc(-c3ccc(F)c(Cl)c3)no2)CN1CCc1cccs1. The van der Waals surface area contributed by atoms with Gasteiger partial charge in [-0.3, -0.25) is 4.79 Å². The lowest BCUT2D eigenvalue weighted by Crippen LogP contribution is -2.27. The van der Waals surface area contributed by atoms with E-state index in [2.05, 4.69) is 16.2 Å². The molecule has 1 fully saturated rings. The maximum Gasteiger partial charge on any atom is 0.232 e. The Balaban J connectivity index is 1.44. The Morgan fingerprint density at radius 1 is 1.38 bits per heavy atom. The van der Waals surface area contributed by atoms with Crippen LogP contribution in [0.1, 0.15) is 23.1 Å². The average Bonchev–Trinajstić information content (AvgIpc) is 3.36. The van der Waals surface area contributed by atoms with Crippen molar-refractivity contribution in [3.05, 3.63) is 57.3 Å². The van der Waals surface area contributed by atoms with Crippen molar-refractivity contribution in [1.29, 1.82) is 0 Å². The number of nitrogens with zero attached hydrogens (tertiary/aromatic N) is 3. The van der Waals surface area contributed by atoms with Gasteiger partial charge in [-0.25, -0.2) is 4.39 Å². The lowest BCUT2D eigenvalue weighted by molar-refractivity contribution is -0.127. The van der Waals surface area contributed by atoms with Crippen molar-refractivity contribution in [2.75, 3.05) is 13.1 Å². The molecule has 134 valence electrons. The molecule has 0 spiro atoms. The van der Waals surface area contributed by atoms with Gasteiger partial charge in [0.2, 0.25) is 17.6 Å². The van der Waals surface area contributed by atoms with Gasteiger partial charge >= 0.3 is 0 Å². The molecule has 0 bridgehead atoms. The van der Waals surface area contributed by atoms with Crippen LogP contribution >= 0.6 is 22.9 Å². The van der Waals surface area contributed by atoms with Crippen LogP contribution in [0.5, 0.6) is 0 Å². The van der Waals surface area contributed by atoms with E-state index >= 15 is 0 Å². The number of hydrogen-bond donors (Lipinski definition) is 0. The van der Waals surface area contributed by atoms with Crippen molar-refractivity contribution >= 4 is 28.8 Å². The first-order valence-electron chi connectivity index (χ1n) is 8.19. The molecule has 1 aliphatic rings. The predicted octanol–water partition coefficient (Wildman–Crippen LogP) is 4.15. The van der Waals surface area contributed by atoms with Crippen LogP contribution in [0.2, 0.25) is 5.02 Å². The molecule has 1 unspecified atom stereocenters. The van der Waals surface area contributed by atoms with Crippen LogP contribution in [-0.2, 0) is 11.2 Å². The Morgan fingerprint density at radius 2 is 2.27 bits per heavy atom. The van der Waals surface area contributed by atoms with Gasteiger partial charge in [-0.15, -0.1) is 11.3 Å². The standard InChI is InChI=1S/C18H15ClFN3O2S/c19-14-8-11(3-4-15(14)20)17-21-18(25-22-17)12-9-16(24)23(10-12)6-5-13-2-1-7-26-13/h1-4,7-8,12H,5-6,9-10H2. The smallest absolute Gasteiger partial charge is 0.232 e. The molecule has 3 aromatic rings. The van der Waals surface area contributed by atoms with Crippen LogP contribution in [0.15, 0.2) is 40.2 Å². The molecule has 1 amide bonds. The molecule has 2 aromatic heterocycles. The van der Waals surface area contributed by atoms with Gasteiger partial charge in [0.1, 0.15) is 5.82 Å². The van der Waals surface area contributed by atoms with E-state index < -0.39 is 5.82 Å². The fourth-order valence-corrected chi connectivity index (χ4v) is 3.89. The van der Waals surface area contributed by atoms with Crippen LogP contribution in [-0.4, -0.2) is 34.0 Å². The molecule has 1 aliphatic heterocycles. The van der Waals surface area contributed by atoms with Gasteiger partial charge in [0.25, 0.3) is 0 Å². The Labute approximate surface area is 158 Å². The number of benzene rings is 1. The Hall–Kier alpha value is -2.25. The number of rotatable bonds is 5. The van der Waals surface area contributed by atoms with Gasteiger partial charge in [0, 0.05) is 30.0 Å². The molecular weight excluding hydrogens is 377 g/mol. The molecule has 26 heavy (non-hydrogen) atoms. The fourth-order valence-electron chi connectivity index (χ4n) is 3.01. The number of carbonyl (C=O) groups is 1. The van der Waals surface area contributed by atoms with Crippen molar-refractivity contribution in [2.45, 2.75) is 18.8 Å². The van der Waals surface area contributed by atoms with Crippen LogP contribution in [0.25, 0.3) is 11.4 Å². The molecule has 0 radical (unpaired) electrons. The minimum Gasteiger partial charge on any atom is -0.342 e. The zero-order chi connectivity index (χ0) is 18.1. The first-order valence-corrected chi connectivity index (χ1v) is 9.45. The first kappa shape index (κ1) is 17.2. The molecular formula is C18H15ClFN3O2S. The molecule has 5 nitrogen and oxygen atoms in total. The highest BCUT2D eigenvalue weighted by Crippen LogP contribution is 2.30. The third-order valence-electron chi connectivity index (χ3n) is 4.39. The molecule has 0 N–H and O–H groups in total. The summed E-state index contributed by atoms with van der Waals surface area (Å²) in [6, 6.07) is 8.35. The summed E-state index contributed by atoms with van der Waals surface area (Å²) in [6.45, 7) is 1.25. The summed E-state index contributed by atoms with van der Waals surface area (Å²) >= 11 is 7.49. The molecule has 0 saturated carbocycles. The van der Waals surface area contributed by atoms with Gasteiger partial charge in [-0.1, -0.05) is 22.8 Å². The van der Waals surface area contributed by atoms with Gasteiger partial charge in [-0.05, 0) is 36.1 Å². The Morgan fingerprint density at radius 3 is 3.04 bits per heavy atom. The van der Waals surface area contributed by atoms with E-state index in [1.807, 2.05) is 16.3 Å². The molecule has 0 aliphatic carbocycles. The second-order valence-corrected chi connectivity index (χ2v) is 7.59. The van der Waals surface area contributed by atoms with E-state index in [1.165, 1.54) is 17.0 Å². The van der Waals surface area contributed by atoms with E-state index in [0.29, 0.717) is 36.8 Å². The number of hydrogen-bond acceptors (Lipinski definition) is 5. The molecule has 1 aromatic carbocycles. The number of likely N-dealkylation sites (tertiary alicyclic amines) is 1. The summed E-state index contributed by atoms with van der Waals surface area (Å²) in [5.74, 6) is 0.236. The van der Waals surface area contributed by atoms with Gasteiger partial charge < -0.3 is 9.42 Å². The highest BCUT2D eigenvalue weighted by molar-refractivity contribution is 7.09. The molecule has 1 saturated heterocycles. The fraction of sp³-hybridized carbons (Fsp3) is 0.278. The lowest BCUT2D eigenvalue weighted by atomic mass is 10.1. The minimum absolute atomic E-state index is 0.00430. The summed E-state index contributed by atoms with van der Waals surface area (Å²) in [5.41, 5.74) is 0.574. The van der Waals surface area contributed by atoms with E-state index in [4.69, 9.17) is 16.1 Å². The summed E-state index contributed by atoms with van der Waals surface area (Å²) in [5, 5.41) is 5.98. The zero-order valence-corrected chi connectivity index (χ0v) is 15.3. The van der Waals surface area contributed by atoms with Crippen molar-refractivity contribution in [3.63, 3.8) is 0 Å². The highest BCUT2D eigenvalue weighted by atomic mass is 35.5. The molecule has 4 rings (SSSR count). The maximum atomic E-state index is 13.3. The van der Waals surface area contributed by atoms with Crippen molar-refractivity contribution < 1.29 is 13.7 Å².